The minimum atomic E-state index is -0.372. The quantitative estimate of drug-likeness (QED) is 0.589. The number of amides is 1. The fourth-order valence-electron chi connectivity index (χ4n) is 3.12. The number of fused-ring (bicyclic) bond motifs is 1. The van der Waals surface area contributed by atoms with Crippen LogP contribution in [0, 0.1) is 5.82 Å². The van der Waals surface area contributed by atoms with E-state index in [2.05, 4.69) is 29.4 Å². The first kappa shape index (κ1) is 17.5. The zero-order chi connectivity index (χ0) is 17.8. The van der Waals surface area contributed by atoms with Crippen LogP contribution in [-0.2, 0) is 9.53 Å². The Bertz CT molecular complexity index is 723. The Morgan fingerprint density at radius 1 is 1.32 bits per heavy atom. The van der Waals surface area contributed by atoms with Crippen molar-refractivity contribution in [2.75, 3.05) is 38.1 Å². The molecule has 0 spiro atoms. The van der Waals surface area contributed by atoms with Crippen molar-refractivity contribution in [2.24, 2.45) is 0 Å². The molecule has 25 heavy (non-hydrogen) atoms. The van der Waals surface area contributed by atoms with Crippen LogP contribution in [0.2, 0.25) is 0 Å². The Balaban J connectivity index is 1.65. The molecule has 0 saturated carbocycles. The highest BCUT2D eigenvalue weighted by Gasteiger charge is 2.30. The highest BCUT2D eigenvalue weighted by molar-refractivity contribution is 6.32. The maximum Gasteiger partial charge on any atom is 0.260 e. The molecule has 0 unspecified atom stereocenters. The standard InChI is InChI=1S/C19H24FN3O2/c1-3-23(4-2)9-5-8-21-14-11-17(25-12-14)18-15-7-6-13(20)10-16(15)22-19(18)24/h6-7,10-11,21H,3-5,8-9,12H2,1-2H3,(H,22,24)/b18-17+. The maximum atomic E-state index is 13.3. The molecule has 3 rings (SSSR count). The molecule has 134 valence electrons. The number of hydrogen-bond donors (Lipinski definition) is 2. The number of carbonyl (C=O) groups excluding carboxylic acids is 1. The van der Waals surface area contributed by atoms with E-state index in [1.54, 1.807) is 6.07 Å². The lowest BCUT2D eigenvalue weighted by Gasteiger charge is -2.17. The third-order valence-electron chi connectivity index (χ3n) is 4.56. The van der Waals surface area contributed by atoms with Crippen LogP contribution < -0.4 is 10.6 Å². The maximum absolute atomic E-state index is 13.3. The molecule has 0 aromatic heterocycles. The van der Waals surface area contributed by atoms with Crippen molar-refractivity contribution in [3.63, 3.8) is 0 Å². The lowest BCUT2D eigenvalue weighted by Crippen LogP contribution is -2.27. The molecular formula is C19H24FN3O2. The van der Waals surface area contributed by atoms with Gasteiger partial charge in [0.1, 0.15) is 18.2 Å². The largest absolute Gasteiger partial charge is 0.486 e. The van der Waals surface area contributed by atoms with Crippen LogP contribution in [0.15, 0.2) is 35.7 Å². The van der Waals surface area contributed by atoms with Crippen molar-refractivity contribution in [1.29, 1.82) is 0 Å². The Morgan fingerprint density at radius 2 is 2.12 bits per heavy atom. The molecule has 2 heterocycles. The van der Waals surface area contributed by atoms with Crippen LogP contribution in [0.1, 0.15) is 25.8 Å². The molecule has 0 aliphatic carbocycles. The van der Waals surface area contributed by atoms with E-state index in [4.69, 9.17) is 4.74 Å². The number of carbonyl (C=O) groups is 1. The van der Waals surface area contributed by atoms with E-state index < -0.39 is 0 Å². The number of rotatable bonds is 7. The summed E-state index contributed by atoms with van der Waals surface area (Å²) in [7, 11) is 0. The smallest absolute Gasteiger partial charge is 0.260 e. The number of hydrogen-bond acceptors (Lipinski definition) is 4. The monoisotopic (exact) mass is 345 g/mol. The molecule has 1 aromatic rings. The lowest BCUT2D eigenvalue weighted by atomic mass is 10.1. The van der Waals surface area contributed by atoms with Crippen molar-refractivity contribution < 1.29 is 13.9 Å². The summed E-state index contributed by atoms with van der Waals surface area (Å²) < 4.78 is 19.0. The number of halogens is 1. The Kier molecular flexibility index (Phi) is 5.38. The average Bonchev–Trinajstić information content (AvgIpc) is 3.17. The van der Waals surface area contributed by atoms with Gasteiger partial charge in [-0.3, -0.25) is 4.79 Å². The van der Waals surface area contributed by atoms with Crippen LogP contribution in [0.3, 0.4) is 0 Å². The summed E-state index contributed by atoms with van der Waals surface area (Å²) in [4.78, 5) is 14.6. The van der Waals surface area contributed by atoms with Crippen molar-refractivity contribution in [3.8, 4) is 0 Å². The lowest BCUT2D eigenvalue weighted by molar-refractivity contribution is -0.110. The second-order valence-electron chi connectivity index (χ2n) is 6.15. The van der Waals surface area contributed by atoms with Gasteiger partial charge in [0.15, 0.2) is 0 Å². The molecule has 1 aromatic carbocycles. The Morgan fingerprint density at radius 3 is 2.88 bits per heavy atom. The predicted octanol–water partition coefficient (Wildman–Crippen LogP) is 2.72. The fraction of sp³-hybridized carbons (Fsp3) is 0.421. The first-order valence-corrected chi connectivity index (χ1v) is 8.77. The predicted molar refractivity (Wildman–Crippen MR) is 96.4 cm³/mol. The van der Waals surface area contributed by atoms with E-state index in [1.807, 2.05) is 6.08 Å². The molecule has 0 radical (unpaired) electrons. The van der Waals surface area contributed by atoms with E-state index in [0.29, 0.717) is 29.2 Å². The van der Waals surface area contributed by atoms with Crippen molar-refractivity contribution in [3.05, 3.63) is 47.1 Å². The fourth-order valence-corrected chi connectivity index (χ4v) is 3.12. The first-order valence-electron chi connectivity index (χ1n) is 8.77. The molecule has 0 atom stereocenters. The van der Waals surface area contributed by atoms with Gasteiger partial charge in [0.05, 0.1) is 17.0 Å². The molecule has 0 saturated heterocycles. The van der Waals surface area contributed by atoms with Gasteiger partial charge >= 0.3 is 0 Å². The summed E-state index contributed by atoms with van der Waals surface area (Å²) in [6, 6.07) is 4.29. The summed E-state index contributed by atoms with van der Waals surface area (Å²) in [5.74, 6) is -0.0903. The topological polar surface area (TPSA) is 53.6 Å². The van der Waals surface area contributed by atoms with Gasteiger partial charge in [-0.15, -0.1) is 0 Å². The highest BCUT2D eigenvalue weighted by Crippen LogP contribution is 2.36. The summed E-state index contributed by atoms with van der Waals surface area (Å²) in [5.41, 5.74) is 2.60. The highest BCUT2D eigenvalue weighted by atomic mass is 19.1. The van der Waals surface area contributed by atoms with Gasteiger partial charge < -0.3 is 20.3 Å². The van der Waals surface area contributed by atoms with E-state index in [-0.39, 0.29) is 11.7 Å². The van der Waals surface area contributed by atoms with Crippen LogP contribution >= 0.6 is 0 Å². The molecule has 6 heteroatoms. The van der Waals surface area contributed by atoms with Crippen LogP contribution in [0.4, 0.5) is 10.1 Å². The second kappa shape index (κ2) is 7.70. The van der Waals surface area contributed by atoms with Crippen molar-refractivity contribution in [1.82, 2.24) is 10.2 Å². The molecule has 1 amide bonds. The second-order valence-corrected chi connectivity index (χ2v) is 6.15. The number of nitrogens with one attached hydrogen (secondary N) is 2. The van der Waals surface area contributed by atoms with Crippen LogP contribution in [-0.4, -0.2) is 43.6 Å². The third-order valence-corrected chi connectivity index (χ3v) is 4.56. The van der Waals surface area contributed by atoms with Crippen LogP contribution in [0.5, 0.6) is 0 Å². The van der Waals surface area contributed by atoms with Gasteiger partial charge in [0.25, 0.3) is 5.91 Å². The minimum Gasteiger partial charge on any atom is -0.486 e. The molecule has 0 bridgehead atoms. The summed E-state index contributed by atoms with van der Waals surface area (Å²) in [5, 5.41) is 6.06. The molecule has 2 N–H and O–H groups in total. The van der Waals surface area contributed by atoms with E-state index in [1.165, 1.54) is 12.1 Å². The number of nitrogens with zero attached hydrogens (tertiary/aromatic N) is 1. The number of ether oxygens (including phenoxy) is 1. The van der Waals surface area contributed by atoms with Gasteiger partial charge in [-0.05, 0) is 44.3 Å². The zero-order valence-corrected chi connectivity index (χ0v) is 14.7. The molecule has 2 aliphatic heterocycles. The van der Waals surface area contributed by atoms with Crippen LogP contribution in [0.25, 0.3) is 5.57 Å². The molecule has 2 aliphatic rings. The normalized spacial score (nSPS) is 18.9. The van der Waals surface area contributed by atoms with Crippen molar-refractivity contribution >= 4 is 17.2 Å². The number of anilines is 1. The summed E-state index contributed by atoms with van der Waals surface area (Å²) in [6.45, 7) is 8.80. The SMILES string of the molecule is CCN(CC)CCCNC1=C/C(=C2\C(=O)Nc3cc(F)ccc32)OC1. The van der Waals surface area contributed by atoms with E-state index in [9.17, 15) is 9.18 Å². The van der Waals surface area contributed by atoms with Gasteiger partial charge in [-0.25, -0.2) is 4.39 Å². The molecule has 0 fully saturated rings. The van der Waals surface area contributed by atoms with Gasteiger partial charge in [0.2, 0.25) is 0 Å². The molecular weight excluding hydrogens is 321 g/mol. The minimum absolute atomic E-state index is 0.255. The molecule has 5 nitrogen and oxygen atoms in total. The van der Waals surface area contributed by atoms with Crippen molar-refractivity contribution in [2.45, 2.75) is 20.3 Å². The van der Waals surface area contributed by atoms with Gasteiger partial charge in [-0.1, -0.05) is 13.8 Å². The summed E-state index contributed by atoms with van der Waals surface area (Å²) in [6.07, 6.45) is 2.91. The average molecular weight is 345 g/mol. The first-order chi connectivity index (χ1) is 12.1. The van der Waals surface area contributed by atoms with E-state index in [0.717, 1.165) is 38.3 Å². The van der Waals surface area contributed by atoms with E-state index >= 15 is 0 Å². The van der Waals surface area contributed by atoms with Gasteiger partial charge in [-0.2, -0.15) is 0 Å². The Hall–Kier alpha value is -2.34. The number of allylic oxidation sites excluding steroid dienone is 1. The zero-order valence-electron chi connectivity index (χ0n) is 14.7. The number of benzene rings is 1. The van der Waals surface area contributed by atoms with Gasteiger partial charge in [0, 0.05) is 18.2 Å². The summed E-state index contributed by atoms with van der Waals surface area (Å²) >= 11 is 0. The third kappa shape index (κ3) is 3.85. The Labute approximate surface area is 147 Å².